The van der Waals surface area contributed by atoms with Crippen molar-refractivity contribution in [2.24, 2.45) is 0 Å². The molecule has 2 aromatic carbocycles. The second-order valence-corrected chi connectivity index (χ2v) is 10.3. The van der Waals surface area contributed by atoms with E-state index < -0.39 is 10.2 Å². The van der Waals surface area contributed by atoms with Gasteiger partial charge in [-0.05, 0) is 54.3 Å². The van der Waals surface area contributed by atoms with Crippen LogP contribution in [0.2, 0.25) is 0 Å². The maximum Gasteiger partial charge on any atom is 0.304 e. The number of aryl methyl sites for hydroxylation is 1. The van der Waals surface area contributed by atoms with E-state index in [2.05, 4.69) is 11.0 Å². The third-order valence-corrected chi connectivity index (χ3v) is 8.07. The van der Waals surface area contributed by atoms with Gasteiger partial charge in [0.1, 0.15) is 5.82 Å². The van der Waals surface area contributed by atoms with Crippen molar-refractivity contribution in [3.05, 3.63) is 59.4 Å². The zero-order valence-corrected chi connectivity index (χ0v) is 19.3. The van der Waals surface area contributed by atoms with Gasteiger partial charge in [-0.3, -0.25) is 9.10 Å². The highest BCUT2D eigenvalue weighted by Crippen LogP contribution is 2.34. The second-order valence-electron chi connectivity index (χ2n) is 8.37. The van der Waals surface area contributed by atoms with Crippen LogP contribution in [-0.2, 0) is 28.0 Å². The molecule has 2 aliphatic rings. The minimum atomic E-state index is -3.72. The molecular formula is C23H29FN4O3S. The van der Waals surface area contributed by atoms with Gasteiger partial charge < -0.3 is 9.80 Å². The lowest BCUT2D eigenvalue weighted by Crippen LogP contribution is -2.48. The standard InChI is InChI=1S/C23H29FN4O3S/c1-18(29)26-12-14-27(15-13-26)22-9-10-23-20(16-22)4-3-11-28(23)32(30,31)25(2)17-19-5-7-21(24)8-6-19/h5-10,16H,3-4,11-15,17H2,1-2H3. The zero-order valence-electron chi connectivity index (χ0n) is 18.5. The van der Waals surface area contributed by atoms with Crippen molar-refractivity contribution in [2.75, 3.05) is 49.0 Å². The molecule has 0 N–H and O–H groups in total. The third-order valence-electron chi connectivity index (χ3n) is 6.22. The van der Waals surface area contributed by atoms with Crippen molar-refractivity contribution in [1.82, 2.24) is 9.21 Å². The largest absolute Gasteiger partial charge is 0.368 e. The van der Waals surface area contributed by atoms with Gasteiger partial charge in [0, 0.05) is 58.9 Å². The molecule has 0 spiro atoms. The molecule has 0 unspecified atom stereocenters. The van der Waals surface area contributed by atoms with Gasteiger partial charge >= 0.3 is 10.2 Å². The van der Waals surface area contributed by atoms with Crippen LogP contribution in [0.25, 0.3) is 0 Å². The minimum Gasteiger partial charge on any atom is -0.368 e. The first-order valence-corrected chi connectivity index (χ1v) is 12.3. The van der Waals surface area contributed by atoms with Gasteiger partial charge in [-0.15, -0.1) is 0 Å². The first-order chi connectivity index (χ1) is 15.3. The molecule has 2 heterocycles. The molecule has 1 amide bonds. The van der Waals surface area contributed by atoms with Crippen LogP contribution in [0.15, 0.2) is 42.5 Å². The first-order valence-electron chi connectivity index (χ1n) is 10.9. The highest BCUT2D eigenvalue weighted by atomic mass is 32.2. The number of nitrogens with zero attached hydrogens (tertiary/aromatic N) is 4. The van der Waals surface area contributed by atoms with Crippen LogP contribution < -0.4 is 9.21 Å². The summed E-state index contributed by atoms with van der Waals surface area (Å²) in [5.74, 6) is -0.247. The van der Waals surface area contributed by atoms with Crippen LogP contribution in [0.5, 0.6) is 0 Å². The van der Waals surface area contributed by atoms with Gasteiger partial charge in [0.25, 0.3) is 0 Å². The smallest absolute Gasteiger partial charge is 0.304 e. The number of anilines is 2. The molecule has 0 saturated carbocycles. The van der Waals surface area contributed by atoms with Crippen molar-refractivity contribution < 1.29 is 17.6 Å². The summed E-state index contributed by atoms with van der Waals surface area (Å²) in [6.07, 6.45) is 1.57. The molecule has 9 heteroatoms. The number of amides is 1. The van der Waals surface area contributed by atoms with Gasteiger partial charge in [-0.25, -0.2) is 4.39 Å². The Balaban J connectivity index is 1.51. The SMILES string of the molecule is CC(=O)N1CCN(c2ccc3c(c2)CCCN3S(=O)(=O)N(C)Cc2ccc(F)cc2)CC1. The molecule has 1 fully saturated rings. The molecule has 0 bridgehead atoms. The highest BCUT2D eigenvalue weighted by molar-refractivity contribution is 7.90. The average Bonchev–Trinajstić information content (AvgIpc) is 2.79. The van der Waals surface area contributed by atoms with E-state index in [0.29, 0.717) is 25.3 Å². The molecule has 1 saturated heterocycles. The Labute approximate surface area is 189 Å². The van der Waals surface area contributed by atoms with Crippen molar-refractivity contribution in [3.8, 4) is 0 Å². The number of fused-ring (bicyclic) bond motifs is 1. The number of benzene rings is 2. The molecule has 0 aromatic heterocycles. The molecule has 2 aromatic rings. The maximum absolute atomic E-state index is 13.3. The summed E-state index contributed by atoms with van der Waals surface area (Å²) in [5, 5.41) is 0. The van der Waals surface area contributed by atoms with Crippen molar-refractivity contribution in [3.63, 3.8) is 0 Å². The Bertz CT molecular complexity index is 1080. The number of carbonyl (C=O) groups excluding carboxylic acids is 1. The Morgan fingerprint density at radius 1 is 1.03 bits per heavy atom. The summed E-state index contributed by atoms with van der Waals surface area (Å²) in [5.41, 5.74) is 3.52. The molecular weight excluding hydrogens is 431 g/mol. The van der Waals surface area contributed by atoms with Gasteiger partial charge in [0.05, 0.1) is 5.69 Å². The number of rotatable bonds is 5. The van der Waals surface area contributed by atoms with Gasteiger partial charge in [-0.2, -0.15) is 12.7 Å². The summed E-state index contributed by atoms with van der Waals surface area (Å²) in [6, 6.07) is 11.8. The lowest BCUT2D eigenvalue weighted by Gasteiger charge is -2.37. The van der Waals surface area contributed by atoms with E-state index in [9.17, 15) is 17.6 Å². The molecule has 0 radical (unpaired) electrons. The summed E-state index contributed by atoms with van der Waals surface area (Å²) in [4.78, 5) is 15.7. The topological polar surface area (TPSA) is 64.2 Å². The van der Waals surface area contributed by atoms with Crippen molar-refractivity contribution in [1.29, 1.82) is 0 Å². The van der Waals surface area contributed by atoms with Crippen molar-refractivity contribution >= 4 is 27.5 Å². The molecule has 172 valence electrons. The average molecular weight is 461 g/mol. The van der Waals surface area contributed by atoms with E-state index in [1.807, 2.05) is 17.0 Å². The number of hydrogen-bond acceptors (Lipinski definition) is 4. The highest BCUT2D eigenvalue weighted by Gasteiger charge is 2.31. The van der Waals surface area contributed by atoms with Crippen LogP contribution in [0, 0.1) is 5.82 Å². The second kappa shape index (κ2) is 9.07. The molecule has 0 atom stereocenters. The molecule has 32 heavy (non-hydrogen) atoms. The Morgan fingerprint density at radius 2 is 1.72 bits per heavy atom. The summed E-state index contributed by atoms with van der Waals surface area (Å²) >= 11 is 0. The van der Waals surface area contributed by atoms with Crippen LogP contribution in [-0.4, -0.2) is 63.3 Å². The Morgan fingerprint density at radius 3 is 2.38 bits per heavy atom. The number of hydrogen-bond donors (Lipinski definition) is 0. The summed E-state index contributed by atoms with van der Waals surface area (Å²) < 4.78 is 42.6. The Kier molecular flexibility index (Phi) is 6.39. The normalized spacial score (nSPS) is 16.9. The predicted octanol–water partition coefficient (Wildman–Crippen LogP) is 2.62. The third kappa shape index (κ3) is 4.59. The van der Waals surface area contributed by atoms with Gasteiger partial charge in [0.2, 0.25) is 5.91 Å². The van der Waals surface area contributed by atoms with Crippen LogP contribution in [0.1, 0.15) is 24.5 Å². The van der Waals surface area contributed by atoms with E-state index in [-0.39, 0.29) is 18.3 Å². The van der Waals surface area contributed by atoms with Gasteiger partial charge in [-0.1, -0.05) is 12.1 Å². The fourth-order valence-corrected chi connectivity index (χ4v) is 5.80. The number of piperazine rings is 1. The maximum atomic E-state index is 13.3. The Hall–Kier alpha value is -2.65. The van der Waals surface area contributed by atoms with E-state index in [4.69, 9.17) is 0 Å². The van der Waals surface area contributed by atoms with Gasteiger partial charge in [0.15, 0.2) is 0 Å². The number of halogens is 1. The first kappa shape index (κ1) is 22.5. The fourth-order valence-electron chi connectivity index (χ4n) is 4.36. The zero-order chi connectivity index (χ0) is 22.9. The lowest BCUT2D eigenvalue weighted by molar-refractivity contribution is -0.129. The summed E-state index contributed by atoms with van der Waals surface area (Å²) in [7, 11) is -2.17. The molecule has 0 aliphatic carbocycles. The molecule has 4 rings (SSSR count). The number of carbonyl (C=O) groups is 1. The van der Waals surface area contributed by atoms with E-state index in [1.165, 1.54) is 20.7 Å². The predicted molar refractivity (Wildman–Crippen MR) is 123 cm³/mol. The monoisotopic (exact) mass is 460 g/mol. The van der Waals surface area contributed by atoms with E-state index in [1.54, 1.807) is 26.1 Å². The quantitative estimate of drug-likeness (QED) is 0.688. The van der Waals surface area contributed by atoms with Crippen LogP contribution >= 0.6 is 0 Å². The van der Waals surface area contributed by atoms with Crippen LogP contribution in [0.3, 0.4) is 0 Å². The van der Waals surface area contributed by atoms with Crippen LogP contribution in [0.4, 0.5) is 15.8 Å². The van der Waals surface area contributed by atoms with E-state index in [0.717, 1.165) is 42.7 Å². The summed E-state index contributed by atoms with van der Waals surface area (Å²) in [6.45, 7) is 5.12. The van der Waals surface area contributed by atoms with E-state index >= 15 is 0 Å². The fraction of sp³-hybridized carbons (Fsp3) is 0.435. The molecule has 7 nitrogen and oxygen atoms in total. The van der Waals surface area contributed by atoms with Crippen molar-refractivity contribution in [2.45, 2.75) is 26.3 Å². The lowest BCUT2D eigenvalue weighted by atomic mass is 10.0. The molecule has 2 aliphatic heterocycles. The minimum absolute atomic E-state index is 0.0979.